The minimum atomic E-state index is -0.371. The molecule has 1 unspecified atom stereocenters. The lowest BCUT2D eigenvalue weighted by atomic mass is 9.95. The first-order chi connectivity index (χ1) is 17.6. The number of thiophene rings is 1. The van der Waals surface area contributed by atoms with Gasteiger partial charge >= 0.3 is 0 Å². The Kier molecular flexibility index (Phi) is 7.92. The molecule has 2 aromatic carbocycles. The molecule has 0 saturated carbocycles. The number of nitrogens with one attached hydrogen (secondary N) is 5. The van der Waals surface area contributed by atoms with Gasteiger partial charge in [-0.2, -0.15) is 0 Å². The van der Waals surface area contributed by atoms with E-state index >= 15 is 0 Å². The van der Waals surface area contributed by atoms with E-state index in [0.717, 1.165) is 27.3 Å². The number of anilines is 1. The lowest BCUT2D eigenvalue weighted by molar-refractivity contribution is -0.114. The van der Waals surface area contributed by atoms with E-state index in [-0.39, 0.29) is 29.9 Å². The van der Waals surface area contributed by atoms with Crippen LogP contribution in [0, 0.1) is 10.8 Å². The SMILES string of the molecule is [N-]=[N+]=NCC(=N)/C(=C\NCc1ccccc1C=N)NC(=O)C1=CC(c2cccs2)Nc2ccccc21. The zero-order valence-corrected chi connectivity index (χ0v) is 20.0. The van der Waals surface area contributed by atoms with E-state index in [4.69, 9.17) is 16.3 Å². The quantitative estimate of drug-likeness (QED) is 0.111. The Bertz CT molecular complexity index is 1390. The molecule has 1 atom stereocenters. The summed E-state index contributed by atoms with van der Waals surface area (Å²) in [5.74, 6) is -0.371. The van der Waals surface area contributed by atoms with Gasteiger partial charge in [0.2, 0.25) is 0 Å². The smallest absolute Gasteiger partial charge is 0.256 e. The van der Waals surface area contributed by atoms with Gasteiger partial charge in [-0.3, -0.25) is 4.79 Å². The molecule has 9 nitrogen and oxygen atoms in total. The summed E-state index contributed by atoms with van der Waals surface area (Å²) >= 11 is 1.60. The summed E-state index contributed by atoms with van der Waals surface area (Å²) in [6.07, 6.45) is 4.68. The molecular formula is C26H24N8OS. The van der Waals surface area contributed by atoms with Gasteiger partial charge in [0.1, 0.15) is 0 Å². The molecule has 0 spiro atoms. The maximum atomic E-state index is 13.5. The van der Waals surface area contributed by atoms with Crippen molar-refractivity contribution in [3.63, 3.8) is 0 Å². The first-order valence-electron chi connectivity index (χ1n) is 11.1. The van der Waals surface area contributed by atoms with Crippen LogP contribution in [0.25, 0.3) is 16.0 Å². The molecule has 3 aromatic rings. The maximum absolute atomic E-state index is 13.5. The van der Waals surface area contributed by atoms with Crippen molar-refractivity contribution in [1.82, 2.24) is 10.6 Å². The Labute approximate surface area is 212 Å². The number of nitrogens with zero attached hydrogens (tertiary/aromatic N) is 3. The first kappa shape index (κ1) is 24.5. The number of carbonyl (C=O) groups excluding carboxylic acids is 1. The average Bonchev–Trinajstić information content (AvgIpc) is 3.46. The third kappa shape index (κ3) is 5.69. The lowest BCUT2D eigenvalue weighted by Crippen LogP contribution is -2.32. The summed E-state index contributed by atoms with van der Waals surface area (Å²) in [6, 6.07) is 18.9. The van der Waals surface area contributed by atoms with Crippen molar-refractivity contribution in [3.8, 4) is 0 Å². The van der Waals surface area contributed by atoms with Crippen molar-refractivity contribution in [2.45, 2.75) is 12.6 Å². The lowest BCUT2D eigenvalue weighted by Gasteiger charge is -2.25. The maximum Gasteiger partial charge on any atom is 0.256 e. The minimum absolute atomic E-state index is 0.0355. The second-order valence-electron chi connectivity index (χ2n) is 7.87. The van der Waals surface area contributed by atoms with Gasteiger partial charge in [-0.25, -0.2) is 0 Å². The summed E-state index contributed by atoms with van der Waals surface area (Å²) in [4.78, 5) is 17.3. The summed E-state index contributed by atoms with van der Waals surface area (Å²) in [6.45, 7) is 0.173. The Morgan fingerprint density at radius 1 is 1.17 bits per heavy atom. The average molecular weight is 497 g/mol. The highest BCUT2D eigenvalue weighted by molar-refractivity contribution is 7.10. The molecule has 180 valence electrons. The Morgan fingerprint density at radius 2 is 1.97 bits per heavy atom. The number of fused-ring (bicyclic) bond motifs is 1. The van der Waals surface area contributed by atoms with E-state index in [1.807, 2.05) is 72.1 Å². The van der Waals surface area contributed by atoms with E-state index in [9.17, 15) is 4.79 Å². The number of amides is 1. The largest absolute Gasteiger partial charge is 0.385 e. The molecule has 1 amide bonds. The van der Waals surface area contributed by atoms with Crippen LogP contribution in [-0.2, 0) is 11.3 Å². The monoisotopic (exact) mass is 496 g/mol. The second kappa shape index (κ2) is 11.7. The number of carbonyl (C=O) groups is 1. The highest BCUT2D eigenvalue weighted by Crippen LogP contribution is 2.36. The molecular weight excluding hydrogens is 472 g/mol. The van der Waals surface area contributed by atoms with Gasteiger partial charge < -0.3 is 26.8 Å². The fraction of sp³-hybridized carbons (Fsp3) is 0.115. The van der Waals surface area contributed by atoms with Gasteiger partial charge in [-0.15, -0.1) is 11.3 Å². The van der Waals surface area contributed by atoms with Crippen LogP contribution >= 0.6 is 11.3 Å². The molecule has 36 heavy (non-hydrogen) atoms. The van der Waals surface area contributed by atoms with Gasteiger partial charge in [0.25, 0.3) is 5.91 Å². The van der Waals surface area contributed by atoms with Crippen LogP contribution in [0.3, 0.4) is 0 Å². The summed E-state index contributed by atoms with van der Waals surface area (Å²) in [5, 5.41) is 30.8. The molecule has 0 fully saturated rings. The van der Waals surface area contributed by atoms with E-state index in [0.29, 0.717) is 12.1 Å². The van der Waals surface area contributed by atoms with Crippen LogP contribution in [0.15, 0.2) is 89.1 Å². The van der Waals surface area contributed by atoms with Crippen LogP contribution in [0.1, 0.15) is 27.6 Å². The Hall–Kier alpha value is -4.66. The van der Waals surface area contributed by atoms with Crippen molar-refractivity contribution in [1.29, 1.82) is 10.8 Å². The van der Waals surface area contributed by atoms with E-state index in [2.05, 4.69) is 26.0 Å². The molecule has 10 heteroatoms. The van der Waals surface area contributed by atoms with E-state index in [1.165, 1.54) is 12.4 Å². The fourth-order valence-corrected chi connectivity index (χ4v) is 4.55. The van der Waals surface area contributed by atoms with E-state index < -0.39 is 0 Å². The molecule has 0 bridgehead atoms. The highest BCUT2D eigenvalue weighted by Gasteiger charge is 2.25. The van der Waals surface area contributed by atoms with Crippen LogP contribution in [0.4, 0.5) is 5.69 Å². The van der Waals surface area contributed by atoms with Crippen LogP contribution in [-0.4, -0.2) is 24.4 Å². The number of hydrogen-bond donors (Lipinski definition) is 5. The molecule has 4 rings (SSSR count). The fourth-order valence-electron chi connectivity index (χ4n) is 3.80. The highest BCUT2D eigenvalue weighted by atomic mass is 32.1. The van der Waals surface area contributed by atoms with Gasteiger partial charge in [0.15, 0.2) is 0 Å². The normalized spacial score (nSPS) is 14.4. The van der Waals surface area contributed by atoms with Gasteiger partial charge in [0.05, 0.1) is 24.0 Å². The molecule has 0 saturated heterocycles. The van der Waals surface area contributed by atoms with Crippen molar-refractivity contribution >= 4 is 40.4 Å². The third-order valence-electron chi connectivity index (χ3n) is 5.57. The van der Waals surface area contributed by atoms with Crippen molar-refractivity contribution in [3.05, 3.63) is 116 Å². The van der Waals surface area contributed by atoms with Crippen LogP contribution < -0.4 is 16.0 Å². The molecule has 2 heterocycles. The second-order valence-corrected chi connectivity index (χ2v) is 8.85. The number of rotatable bonds is 10. The van der Waals surface area contributed by atoms with Gasteiger partial charge in [-0.05, 0) is 40.2 Å². The first-order valence-corrected chi connectivity index (χ1v) is 12.0. The molecule has 1 aromatic heterocycles. The molecule has 1 aliphatic heterocycles. The van der Waals surface area contributed by atoms with Crippen molar-refractivity contribution in [2.24, 2.45) is 5.11 Å². The predicted octanol–water partition coefficient (Wildman–Crippen LogP) is 5.37. The summed E-state index contributed by atoms with van der Waals surface area (Å²) in [7, 11) is 0. The molecule has 0 aliphatic carbocycles. The number of azide groups is 1. The Morgan fingerprint density at radius 3 is 2.75 bits per heavy atom. The van der Waals surface area contributed by atoms with Crippen molar-refractivity contribution < 1.29 is 4.79 Å². The zero-order chi connectivity index (χ0) is 25.3. The Balaban J connectivity index is 1.60. The topological polar surface area (TPSA) is 150 Å². The van der Waals surface area contributed by atoms with Crippen molar-refractivity contribution in [2.75, 3.05) is 11.9 Å². The molecule has 1 aliphatic rings. The number of para-hydroxylation sites is 1. The van der Waals surface area contributed by atoms with Crippen LogP contribution in [0.2, 0.25) is 0 Å². The van der Waals surface area contributed by atoms with E-state index in [1.54, 1.807) is 11.3 Å². The number of benzene rings is 2. The molecule has 0 radical (unpaired) electrons. The minimum Gasteiger partial charge on any atom is -0.385 e. The third-order valence-corrected chi connectivity index (χ3v) is 6.53. The van der Waals surface area contributed by atoms with Gasteiger partial charge in [0, 0.05) is 45.6 Å². The predicted molar refractivity (Wildman–Crippen MR) is 144 cm³/mol. The summed E-state index contributed by atoms with van der Waals surface area (Å²) < 4.78 is 0. The summed E-state index contributed by atoms with van der Waals surface area (Å²) in [5.41, 5.74) is 12.6. The molecule has 5 N–H and O–H groups in total. The van der Waals surface area contributed by atoms with Crippen LogP contribution in [0.5, 0.6) is 0 Å². The number of hydrogen-bond acceptors (Lipinski definition) is 7. The zero-order valence-electron chi connectivity index (χ0n) is 19.2. The standard InChI is InChI=1S/C26H24N8OS/c27-13-17-6-1-2-7-18(17)14-30-16-24(21(28)15-31-34-29)33-26(35)20-12-23(25-10-5-11-36-25)32-22-9-4-3-8-19(20)22/h1-13,16,23,27-28,30,32H,14-15H2,(H,33,35)/b24-16+,27-13?,28-21?. The van der Waals surface area contributed by atoms with Gasteiger partial charge in [-0.1, -0.05) is 53.6 Å².